The molecule has 40 heavy (non-hydrogen) atoms. The van der Waals surface area contributed by atoms with E-state index in [1.54, 1.807) is 47.2 Å². The fourth-order valence-electron chi connectivity index (χ4n) is 4.16. The summed E-state index contributed by atoms with van der Waals surface area (Å²) in [4.78, 5) is -0.147. The van der Waals surface area contributed by atoms with Crippen LogP contribution in [0.25, 0.3) is 11.0 Å². The number of thioether (sulfide) groups is 2. The van der Waals surface area contributed by atoms with Crippen molar-refractivity contribution in [3.63, 3.8) is 0 Å². The van der Waals surface area contributed by atoms with Crippen LogP contribution in [0.3, 0.4) is 0 Å². The molecule has 0 radical (unpaired) electrons. The molecule has 13 heteroatoms. The van der Waals surface area contributed by atoms with E-state index in [2.05, 4.69) is 0 Å². The second kappa shape index (κ2) is 12.1. The summed E-state index contributed by atoms with van der Waals surface area (Å²) in [6.07, 6.45) is -9.19. The molecule has 0 bridgehead atoms. The molecule has 4 aromatic rings. The Morgan fingerprint density at radius 2 is 1.27 bits per heavy atom. The lowest BCUT2D eigenvalue weighted by Gasteiger charge is -2.16. The summed E-state index contributed by atoms with van der Waals surface area (Å²) < 4.78 is 97.0. The molecule has 0 saturated heterocycles. The van der Waals surface area contributed by atoms with E-state index in [1.807, 2.05) is 0 Å². The summed E-state index contributed by atoms with van der Waals surface area (Å²) in [5.41, 5.74) is 6.06. The summed E-state index contributed by atoms with van der Waals surface area (Å²) in [5.74, 6) is 0.383. The van der Waals surface area contributed by atoms with Gasteiger partial charge in [0.05, 0.1) is 34.1 Å². The molecule has 1 aromatic heterocycles. The predicted octanol–water partition coefficient (Wildman–Crippen LogP) is 7.85. The van der Waals surface area contributed by atoms with Gasteiger partial charge in [-0.2, -0.15) is 26.3 Å². The molecule has 0 aliphatic heterocycles. The Balaban J connectivity index is 1.71. The number of fused-ring (bicyclic) bond motifs is 1. The van der Waals surface area contributed by atoms with E-state index in [9.17, 15) is 26.3 Å². The zero-order valence-corrected chi connectivity index (χ0v) is 23.1. The first-order valence-electron chi connectivity index (χ1n) is 12.2. The number of nitrogen functional groups attached to an aromatic ring is 1. The minimum atomic E-state index is -4.60. The number of anilines is 1. The molecule has 4 rings (SSSR count). The smallest absolute Gasteiger partial charge is 0.417 e. The van der Waals surface area contributed by atoms with Gasteiger partial charge in [-0.25, -0.2) is 9.13 Å². The van der Waals surface area contributed by atoms with E-state index in [4.69, 9.17) is 15.2 Å². The number of imidazole rings is 1. The number of rotatable bonds is 10. The maximum absolute atomic E-state index is 13.8. The Morgan fingerprint density at radius 3 is 1.80 bits per heavy atom. The highest BCUT2D eigenvalue weighted by molar-refractivity contribution is 7.98. The van der Waals surface area contributed by atoms with Crippen molar-refractivity contribution >= 4 is 40.5 Å². The van der Waals surface area contributed by atoms with Crippen molar-refractivity contribution in [2.45, 2.75) is 47.7 Å². The lowest BCUT2D eigenvalue weighted by molar-refractivity contribution is -0.635. The molecule has 0 saturated carbocycles. The van der Waals surface area contributed by atoms with Gasteiger partial charge in [0.2, 0.25) is 0 Å². The van der Waals surface area contributed by atoms with Crippen molar-refractivity contribution in [2.75, 3.05) is 18.9 Å². The Labute approximate surface area is 235 Å². The second-order valence-corrected chi connectivity index (χ2v) is 10.3. The molecular formula is C27H26F6N3O2S2+. The molecule has 2 N–H and O–H groups in total. The highest BCUT2D eigenvalue weighted by Gasteiger charge is 2.37. The fraction of sp³-hybridized carbons (Fsp3) is 0.296. The summed E-state index contributed by atoms with van der Waals surface area (Å²) in [7, 11) is 0. The van der Waals surface area contributed by atoms with Crippen molar-refractivity contribution in [2.24, 2.45) is 0 Å². The minimum Gasteiger partial charge on any atom is -0.493 e. The number of ether oxygens (including phenoxy) is 2. The average Bonchev–Trinajstić information content (AvgIpc) is 3.16. The van der Waals surface area contributed by atoms with E-state index in [0.717, 1.165) is 35.7 Å². The lowest BCUT2D eigenvalue weighted by atomic mass is 10.2. The largest absolute Gasteiger partial charge is 0.493 e. The standard InChI is InChI=1S/C27H25F6N3O2S2/c1-3-37-21-13-7-9-17(26(28,29)30)23(21)39-15-35-19-11-5-6-12-20(19)36(25(35)34)16-40-24-18(27(31,32)33)10-8-14-22(24)38-4-2/h5-14,34H,3-4,15-16H2,1-2H3/p+1. The van der Waals surface area contributed by atoms with E-state index >= 15 is 0 Å². The van der Waals surface area contributed by atoms with Crippen molar-refractivity contribution in [3.05, 3.63) is 71.8 Å². The third kappa shape index (κ3) is 6.25. The number of aromatic nitrogens is 2. The lowest BCUT2D eigenvalue weighted by Crippen LogP contribution is -2.35. The molecule has 0 unspecified atom stereocenters. The predicted molar refractivity (Wildman–Crippen MR) is 143 cm³/mol. The number of alkyl halides is 6. The SMILES string of the molecule is CCOc1cccc(C(F)(F)F)c1SCn1c(N)[n+](CSc2c(OCC)cccc2C(F)(F)F)c2ccccc21. The molecule has 1 heterocycles. The van der Waals surface area contributed by atoms with Crippen LogP contribution in [0.1, 0.15) is 25.0 Å². The topological polar surface area (TPSA) is 53.3 Å². The molecule has 0 amide bonds. The van der Waals surface area contributed by atoms with Crippen LogP contribution in [0.4, 0.5) is 32.3 Å². The minimum absolute atomic E-state index is 0.000511. The molecule has 0 spiro atoms. The summed E-state index contributed by atoms with van der Waals surface area (Å²) >= 11 is 1.83. The molecule has 214 valence electrons. The number of hydrogen-bond donors (Lipinski definition) is 1. The Kier molecular flexibility index (Phi) is 9.03. The quantitative estimate of drug-likeness (QED) is 0.114. The molecule has 0 atom stereocenters. The van der Waals surface area contributed by atoms with Gasteiger partial charge in [-0.1, -0.05) is 47.8 Å². The number of benzene rings is 3. The third-order valence-electron chi connectivity index (χ3n) is 5.86. The van der Waals surface area contributed by atoms with Gasteiger partial charge in [-0.3, -0.25) is 5.73 Å². The fourth-order valence-corrected chi connectivity index (χ4v) is 6.43. The molecular weight excluding hydrogens is 576 g/mol. The van der Waals surface area contributed by atoms with Crippen LogP contribution >= 0.6 is 23.5 Å². The second-order valence-electron chi connectivity index (χ2n) is 8.38. The zero-order chi connectivity index (χ0) is 29.1. The molecule has 3 aromatic carbocycles. The monoisotopic (exact) mass is 602 g/mol. The average molecular weight is 603 g/mol. The van der Waals surface area contributed by atoms with Crippen LogP contribution in [-0.2, 0) is 24.1 Å². The van der Waals surface area contributed by atoms with Gasteiger partial charge in [0, 0.05) is 0 Å². The number of nitrogens with two attached hydrogens (primary N) is 1. The van der Waals surface area contributed by atoms with Gasteiger partial charge in [-0.15, -0.1) is 0 Å². The van der Waals surface area contributed by atoms with Crippen molar-refractivity contribution < 1.29 is 40.4 Å². The van der Waals surface area contributed by atoms with Crippen molar-refractivity contribution in [1.29, 1.82) is 0 Å². The summed E-state index contributed by atoms with van der Waals surface area (Å²) in [5, 5.41) is 0. The Bertz CT molecular complexity index is 1380. The first kappa shape index (κ1) is 29.8. The van der Waals surface area contributed by atoms with Crippen LogP contribution in [-0.4, -0.2) is 17.8 Å². The first-order chi connectivity index (χ1) is 19.0. The van der Waals surface area contributed by atoms with Gasteiger partial charge in [0.15, 0.2) is 0 Å². The highest BCUT2D eigenvalue weighted by atomic mass is 32.2. The zero-order valence-electron chi connectivity index (χ0n) is 21.5. The van der Waals surface area contributed by atoms with Gasteiger partial charge >= 0.3 is 18.3 Å². The number of para-hydroxylation sites is 2. The van der Waals surface area contributed by atoms with E-state index < -0.39 is 23.5 Å². The van der Waals surface area contributed by atoms with Crippen molar-refractivity contribution in [1.82, 2.24) is 4.57 Å². The maximum Gasteiger partial charge on any atom is 0.417 e. The Morgan fingerprint density at radius 1 is 0.750 bits per heavy atom. The molecule has 5 nitrogen and oxygen atoms in total. The van der Waals surface area contributed by atoms with Crippen LogP contribution < -0.4 is 19.8 Å². The van der Waals surface area contributed by atoms with E-state index in [0.29, 0.717) is 11.0 Å². The van der Waals surface area contributed by atoms with Gasteiger partial charge in [0.25, 0.3) is 0 Å². The van der Waals surface area contributed by atoms with Crippen LogP contribution in [0.2, 0.25) is 0 Å². The number of hydrogen-bond acceptors (Lipinski definition) is 5. The van der Waals surface area contributed by atoms with E-state index in [1.165, 1.54) is 24.3 Å². The molecule has 0 fully saturated rings. The third-order valence-corrected chi connectivity index (χ3v) is 8.05. The van der Waals surface area contributed by atoms with Gasteiger partial charge in [0.1, 0.15) is 34.3 Å². The Hall–Kier alpha value is -3.19. The van der Waals surface area contributed by atoms with Crippen LogP contribution in [0.15, 0.2) is 70.5 Å². The molecule has 0 aliphatic carbocycles. The van der Waals surface area contributed by atoms with Crippen LogP contribution in [0, 0.1) is 0 Å². The van der Waals surface area contributed by atoms with Gasteiger partial charge < -0.3 is 9.47 Å². The van der Waals surface area contributed by atoms with E-state index in [-0.39, 0.29) is 52.2 Å². The van der Waals surface area contributed by atoms with Crippen LogP contribution in [0.5, 0.6) is 11.5 Å². The first-order valence-corrected chi connectivity index (χ1v) is 14.1. The normalized spacial score (nSPS) is 12.2. The van der Waals surface area contributed by atoms with Gasteiger partial charge in [-0.05, 0) is 50.2 Å². The molecule has 0 aliphatic rings. The van der Waals surface area contributed by atoms with Crippen molar-refractivity contribution in [3.8, 4) is 11.5 Å². The number of halogens is 6. The summed E-state index contributed by atoms with van der Waals surface area (Å²) in [6, 6.07) is 14.5. The summed E-state index contributed by atoms with van der Waals surface area (Å²) in [6.45, 7) is 3.73. The maximum atomic E-state index is 13.8. The number of nitrogens with zero attached hydrogens (tertiary/aromatic N) is 2. The highest BCUT2D eigenvalue weighted by Crippen LogP contribution is 2.44.